The summed E-state index contributed by atoms with van der Waals surface area (Å²) in [6.45, 7) is 2.55. The summed E-state index contributed by atoms with van der Waals surface area (Å²) < 4.78 is 0. The van der Waals surface area contributed by atoms with Gasteiger partial charge in [0.25, 0.3) is 0 Å². The Balaban J connectivity index is 2.41. The summed E-state index contributed by atoms with van der Waals surface area (Å²) in [6, 6.07) is 1.89. The van der Waals surface area contributed by atoms with Crippen molar-refractivity contribution in [1.82, 2.24) is 9.97 Å². The Morgan fingerprint density at radius 2 is 2.38 bits per heavy atom. The van der Waals surface area contributed by atoms with Crippen LogP contribution in [0.5, 0.6) is 0 Å². The number of thioether (sulfide) groups is 1. The van der Waals surface area contributed by atoms with E-state index in [0.29, 0.717) is 6.54 Å². The zero-order chi connectivity index (χ0) is 9.52. The summed E-state index contributed by atoms with van der Waals surface area (Å²) in [6.07, 6.45) is 5.73. The molecule has 13 heavy (non-hydrogen) atoms. The number of hydrogen-bond donors (Lipinski definition) is 1. The van der Waals surface area contributed by atoms with Crippen molar-refractivity contribution in [3.8, 4) is 0 Å². The van der Waals surface area contributed by atoms with Gasteiger partial charge in [-0.1, -0.05) is 23.9 Å². The van der Waals surface area contributed by atoms with Gasteiger partial charge < -0.3 is 5.73 Å². The van der Waals surface area contributed by atoms with Crippen LogP contribution in [-0.4, -0.2) is 22.3 Å². The lowest BCUT2D eigenvalue weighted by molar-refractivity contribution is 0.934. The molecule has 0 aliphatic rings. The Kier molecular flexibility index (Phi) is 4.49. The maximum atomic E-state index is 5.30. The summed E-state index contributed by atoms with van der Waals surface area (Å²) >= 11 is 1.61. The van der Waals surface area contributed by atoms with E-state index in [-0.39, 0.29) is 0 Å². The molecule has 0 spiro atoms. The van der Waals surface area contributed by atoms with Crippen molar-refractivity contribution in [3.05, 3.63) is 30.1 Å². The molecule has 1 aromatic heterocycles. The monoisotopic (exact) mass is 195 g/mol. The van der Waals surface area contributed by atoms with Crippen molar-refractivity contribution >= 4 is 11.8 Å². The molecule has 2 N–H and O–H groups in total. The van der Waals surface area contributed by atoms with Crippen molar-refractivity contribution in [3.63, 3.8) is 0 Å². The van der Waals surface area contributed by atoms with Crippen LogP contribution in [0, 0.1) is 6.92 Å². The number of aryl methyl sites for hydroxylation is 1. The molecular weight excluding hydrogens is 182 g/mol. The van der Waals surface area contributed by atoms with Crippen molar-refractivity contribution in [2.75, 3.05) is 12.3 Å². The average Bonchev–Trinajstić information content (AvgIpc) is 2.13. The Bertz CT molecular complexity index is 286. The van der Waals surface area contributed by atoms with Gasteiger partial charge in [-0.3, -0.25) is 0 Å². The molecule has 1 heterocycles. The van der Waals surface area contributed by atoms with Crippen LogP contribution in [0.3, 0.4) is 0 Å². The number of nitrogens with zero attached hydrogens (tertiary/aromatic N) is 2. The highest BCUT2D eigenvalue weighted by atomic mass is 32.2. The fraction of sp³-hybridized carbons (Fsp3) is 0.333. The van der Waals surface area contributed by atoms with Gasteiger partial charge in [-0.15, -0.1) is 0 Å². The van der Waals surface area contributed by atoms with Gasteiger partial charge in [0, 0.05) is 24.2 Å². The zero-order valence-electron chi connectivity index (χ0n) is 7.60. The molecule has 1 aromatic rings. The fourth-order valence-electron chi connectivity index (χ4n) is 0.782. The summed E-state index contributed by atoms with van der Waals surface area (Å²) in [7, 11) is 0. The van der Waals surface area contributed by atoms with E-state index >= 15 is 0 Å². The molecule has 0 aliphatic carbocycles. The van der Waals surface area contributed by atoms with Gasteiger partial charge >= 0.3 is 0 Å². The lowest BCUT2D eigenvalue weighted by Gasteiger charge is -1.96. The second kappa shape index (κ2) is 5.72. The van der Waals surface area contributed by atoms with Gasteiger partial charge in [0.2, 0.25) is 0 Å². The van der Waals surface area contributed by atoms with Gasteiger partial charge in [0.15, 0.2) is 5.16 Å². The van der Waals surface area contributed by atoms with Crippen LogP contribution in [0.25, 0.3) is 0 Å². The summed E-state index contributed by atoms with van der Waals surface area (Å²) in [4.78, 5) is 8.38. The lowest BCUT2D eigenvalue weighted by Crippen LogP contribution is -1.93. The normalized spacial score (nSPS) is 10.9. The first kappa shape index (κ1) is 10.2. The minimum absolute atomic E-state index is 0.592. The first-order valence-corrected chi connectivity index (χ1v) is 5.09. The average molecular weight is 195 g/mol. The Hall–Kier alpha value is -0.870. The molecule has 70 valence electrons. The summed E-state index contributed by atoms with van der Waals surface area (Å²) in [5, 5.41) is 0.821. The van der Waals surface area contributed by atoms with Crippen LogP contribution in [0.2, 0.25) is 0 Å². The molecule has 1 rings (SSSR count). The van der Waals surface area contributed by atoms with E-state index in [1.165, 1.54) is 0 Å². The molecule has 0 atom stereocenters. The minimum atomic E-state index is 0.592. The van der Waals surface area contributed by atoms with E-state index < -0.39 is 0 Å². The van der Waals surface area contributed by atoms with Crippen LogP contribution in [0.1, 0.15) is 5.69 Å². The lowest BCUT2D eigenvalue weighted by atomic mass is 10.5. The smallest absolute Gasteiger partial charge is 0.188 e. The van der Waals surface area contributed by atoms with Crippen molar-refractivity contribution in [1.29, 1.82) is 0 Å². The summed E-state index contributed by atoms with van der Waals surface area (Å²) in [5.41, 5.74) is 6.31. The Labute approximate surface area is 82.5 Å². The topological polar surface area (TPSA) is 51.8 Å². The van der Waals surface area contributed by atoms with Crippen molar-refractivity contribution in [2.24, 2.45) is 5.73 Å². The molecule has 0 saturated carbocycles. The highest BCUT2D eigenvalue weighted by Gasteiger charge is 1.94. The predicted octanol–water partition coefficient (Wildman–Crippen LogP) is 1.39. The second-order valence-electron chi connectivity index (χ2n) is 2.50. The van der Waals surface area contributed by atoms with Crippen LogP contribution in [-0.2, 0) is 0 Å². The van der Waals surface area contributed by atoms with Gasteiger partial charge in [0.1, 0.15) is 0 Å². The van der Waals surface area contributed by atoms with Crippen LogP contribution >= 0.6 is 11.8 Å². The SMILES string of the molecule is Cc1ccnc(SCC=CCN)n1. The van der Waals surface area contributed by atoms with Crippen LogP contribution < -0.4 is 5.73 Å². The molecule has 0 unspecified atom stereocenters. The predicted molar refractivity (Wildman–Crippen MR) is 55.7 cm³/mol. The molecule has 0 amide bonds. The molecule has 0 aliphatic heterocycles. The van der Waals surface area contributed by atoms with Crippen LogP contribution in [0.15, 0.2) is 29.6 Å². The molecule has 0 radical (unpaired) electrons. The minimum Gasteiger partial charge on any atom is -0.327 e. The van der Waals surface area contributed by atoms with Crippen molar-refractivity contribution < 1.29 is 0 Å². The molecule has 0 fully saturated rings. The highest BCUT2D eigenvalue weighted by molar-refractivity contribution is 7.99. The van der Waals surface area contributed by atoms with E-state index in [4.69, 9.17) is 5.73 Å². The van der Waals surface area contributed by atoms with E-state index in [2.05, 4.69) is 9.97 Å². The van der Waals surface area contributed by atoms with Gasteiger partial charge in [0.05, 0.1) is 0 Å². The zero-order valence-corrected chi connectivity index (χ0v) is 8.42. The van der Waals surface area contributed by atoms with E-state index in [1.807, 2.05) is 25.1 Å². The largest absolute Gasteiger partial charge is 0.327 e. The first-order valence-electron chi connectivity index (χ1n) is 4.10. The maximum Gasteiger partial charge on any atom is 0.188 e. The van der Waals surface area contributed by atoms with Crippen LogP contribution in [0.4, 0.5) is 0 Å². The second-order valence-corrected chi connectivity index (χ2v) is 3.49. The molecule has 4 heteroatoms. The van der Waals surface area contributed by atoms with E-state index in [0.717, 1.165) is 16.6 Å². The summed E-state index contributed by atoms with van der Waals surface area (Å²) in [5.74, 6) is 0.876. The Morgan fingerprint density at radius 3 is 3.08 bits per heavy atom. The van der Waals surface area contributed by atoms with Gasteiger partial charge in [-0.2, -0.15) is 0 Å². The number of nitrogens with two attached hydrogens (primary N) is 1. The first-order chi connectivity index (χ1) is 6.33. The molecule has 0 bridgehead atoms. The molecular formula is C9H13N3S. The molecule has 0 saturated heterocycles. The maximum absolute atomic E-state index is 5.30. The van der Waals surface area contributed by atoms with E-state index in [9.17, 15) is 0 Å². The third-order valence-electron chi connectivity index (χ3n) is 1.38. The quantitative estimate of drug-likeness (QED) is 0.448. The highest BCUT2D eigenvalue weighted by Crippen LogP contribution is 2.11. The van der Waals surface area contributed by atoms with Gasteiger partial charge in [-0.05, 0) is 13.0 Å². The van der Waals surface area contributed by atoms with E-state index in [1.54, 1.807) is 18.0 Å². The number of rotatable bonds is 4. The standard InChI is InChI=1S/C9H13N3S/c1-8-4-6-11-9(12-8)13-7-3-2-5-10/h2-4,6H,5,7,10H2,1H3. The van der Waals surface area contributed by atoms with Gasteiger partial charge in [-0.25, -0.2) is 9.97 Å². The van der Waals surface area contributed by atoms with Crippen molar-refractivity contribution in [2.45, 2.75) is 12.1 Å². The fourth-order valence-corrected chi connectivity index (χ4v) is 1.51. The number of hydrogen-bond acceptors (Lipinski definition) is 4. The number of aromatic nitrogens is 2. The Morgan fingerprint density at radius 1 is 1.54 bits per heavy atom. The molecule has 0 aromatic carbocycles. The third-order valence-corrected chi connectivity index (χ3v) is 2.20. The molecule has 3 nitrogen and oxygen atoms in total. The third kappa shape index (κ3) is 4.05.